The van der Waals surface area contributed by atoms with Gasteiger partial charge in [0.1, 0.15) is 23.6 Å². The van der Waals surface area contributed by atoms with Gasteiger partial charge in [0.2, 0.25) is 5.91 Å². The van der Waals surface area contributed by atoms with E-state index in [1.54, 1.807) is 11.1 Å². The third kappa shape index (κ3) is 5.14. The van der Waals surface area contributed by atoms with Crippen LogP contribution in [0.5, 0.6) is 5.75 Å². The van der Waals surface area contributed by atoms with Gasteiger partial charge in [0.05, 0.1) is 31.7 Å². The van der Waals surface area contributed by atoms with Crippen molar-refractivity contribution >= 4 is 28.8 Å². The van der Waals surface area contributed by atoms with Gasteiger partial charge in [-0.2, -0.15) is 5.26 Å². The van der Waals surface area contributed by atoms with Crippen LogP contribution in [0.2, 0.25) is 0 Å². The molecule has 0 aliphatic carbocycles. The number of nitrogens with one attached hydrogen (secondary N) is 2. The molecule has 40 heavy (non-hydrogen) atoms. The third-order valence-corrected chi connectivity index (χ3v) is 7.57. The van der Waals surface area contributed by atoms with E-state index in [1.165, 1.54) is 5.69 Å². The number of ether oxygens (including phenoxy) is 2. The molecule has 2 aromatic carbocycles. The van der Waals surface area contributed by atoms with Gasteiger partial charge in [-0.25, -0.2) is 4.98 Å². The van der Waals surface area contributed by atoms with Crippen LogP contribution in [0, 0.1) is 16.7 Å². The molecule has 0 unspecified atom stereocenters. The number of carbonyl (C=O) groups is 1. The molecule has 1 amide bonds. The maximum absolute atomic E-state index is 12.1. The molecule has 2 aliphatic heterocycles. The topological polar surface area (TPSA) is 118 Å². The van der Waals surface area contributed by atoms with E-state index >= 15 is 0 Å². The number of benzene rings is 2. The molecule has 2 aliphatic rings. The van der Waals surface area contributed by atoms with Crippen LogP contribution in [0.25, 0.3) is 33.4 Å². The first kappa shape index (κ1) is 25.6. The number of nitriles is 1. The molecular weight excluding hydrogens is 504 g/mol. The highest BCUT2D eigenvalue weighted by molar-refractivity contribution is 5.96. The number of H-pyrrole nitrogens is 1. The van der Waals surface area contributed by atoms with E-state index in [0.29, 0.717) is 30.8 Å². The minimum atomic E-state index is -0.179. The molecule has 0 radical (unpaired) electrons. The number of rotatable bonds is 7. The fourth-order valence-corrected chi connectivity index (χ4v) is 5.44. The van der Waals surface area contributed by atoms with Crippen molar-refractivity contribution in [3.05, 3.63) is 66.4 Å². The Balaban J connectivity index is 1.23. The summed E-state index contributed by atoms with van der Waals surface area (Å²) >= 11 is 0. The van der Waals surface area contributed by atoms with Crippen LogP contribution < -0.4 is 9.64 Å². The highest BCUT2D eigenvalue weighted by Gasteiger charge is 2.27. The summed E-state index contributed by atoms with van der Waals surface area (Å²) in [7, 11) is 0. The highest BCUT2D eigenvalue weighted by atomic mass is 16.5. The molecular formula is C31H30N6O3. The monoisotopic (exact) mass is 534 g/mol. The summed E-state index contributed by atoms with van der Waals surface area (Å²) in [5, 5.41) is 18.0. The molecule has 0 saturated carbocycles. The Morgan fingerprint density at radius 3 is 2.70 bits per heavy atom. The zero-order chi connectivity index (χ0) is 27.5. The lowest BCUT2D eigenvalue weighted by Crippen LogP contribution is -2.36. The molecule has 6 rings (SSSR count). The lowest BCUT2D eigenvalue weighted by atomic mass is 10.0. The summed E-state index contributed by atoms with van der Waals surface area (Å²) in [5.74, 6) is 0.440. The lowest BCUT2D eigenvalue weighted by Gasteiger charge is -2.28. The molecule has 0 bridgehead atoms. The zero-order valence-corrected chi connectivity index (χ0v) is 22.1. The van der Waals surface area contributed by atoms with Crippen LogP contribution in [0.3, 0.4) is 0 Å². The van der Waals surface area contributed by atoms with Crippen LogP contribution >= 0.6 is 0 Å². The standard InChI is InChI=1S/C31H30N6O3/c32-10-7-30(38)37-12-9-25(20-37)40-29-6-3-22(17-23(29)19-33)26-8-11-34-31-27(26)18-28(35-31)21-1-4-24(5-2-21)36-13-15-39-16-14-36/h1-6,8,10-11,17-18,25,32H,7,9,12-16,20H2,(H,34,35)/t25-/m1/s1. The Hall–Kier alpha value is -4.68. The van der Waals surface area contributed by atoms with E-state index in [1.807, 2.05) is 24.3 Å². The quantitative estimate of drug-likeness (QED) is 0.334. The number of hydrogen-bond acceptors (Lipinski definition) is 7. The van der Waals surface area contributed by atoms with E-state index in [2.05, 4.69) is 51.3 Å². The molecule has 9 heteroatoms. The van der Waals surface area contributed by atoms with Crippen molar-refractivity contribution in [3.63, 3.8) is 0 Å². The Morgan fingerprint density at radius 1 is 1.12 bits per heavy atom. The van der Waals surface area contributed by atoms with Crippen molar-refractivity contribution in [2.24, 2.45) is 0 Å². The first-order valence-electron chi connectivity index (χ1n) is 13.5. The number of pyridine rings is 1. The minimum absolute atomic E-state index is 0.0717. The molecule has 2 fully saturated rings. The fourth-order valence-electron chi connectivity index (χ4n) is 5.44. The Kier molecular flexibility index (Phi) is 7.17. The number of anilines is 1. The number of hydrogen-bond donors (Lipinski definition) is 2. The average molecular weight is 535 g/mol. The maximum atomic E-state index is 12.1. The van der Waals surface area contributed by atoms with Crippen LogP contribution in [-0.4, -0.2) is 72.5 Å². The highest BCUT2D eigenvalue weighted by Crippen LogP contribution is 2.34. The van der Waals surface area contributed by atoms with Crippen LogP contribution in [0.4, 0.5) is 5.69 Å². The number of morpholine rings is 1. The predicted molar refractivity (Wildman–Crippen MR) is 154 cm³/mol. The average Bonchev–Trinajstić information content (AvgIpc) is 3.66. The predicted octanol–water partition coefficient (Wildman–Crippen LogP) is 4.62. The lowest BCUT2D eigenvalue weighted by molar-refractivity contribution is -0.129. The van der Waals surface area contributed by atoms with Gasteiger partial charge >= 0.3 is 0 Å². The van der Waals surface area contributed by atoms with E-state index in [9.17, 15) is 10.1 Å². The van der Waals surface area contributed by atoms with Gasteiger partial charge in [-0.1, -0.05) is 18.2 Å². The molecule has 2 aromatic heterocycles. The molecule has 4 aromatic rings. The van der Waals surface area contributed by atoms with Crippen molar-refractivity contribution in [3.8, 4) is 34.2 Å². The van der Waals surface area contributed by atoms with Crippen molar-refractivity contribution in [1.29, 1.82) is 10.7 Å². The van der Waals surface area contributed by atoms with Gasteiger partial charge in [0.15, 0.2) is 0 Å². The van der Waals surface area contributed by atoms with Crippen LogP contribution in [0.1, 0.15) is 18.4 Å². The first-order chi connectivity index (χ1) is 19.6. The first-order valence-corrected chi connectivity index (χ1v) is 13.5. The smallest absolute Gasteiger partial charge is 0.228 e. The van der Waals surface area contributed by atoms with Crippen LogP contribution in [0.15, 0.2) is 60.8 Å². The van der Waals surface area contributed by atoms with E-state index in [0.717, 1.165) is 65.9 Å². The largest absolute Gasteiger partial charge is 0.487 e. The molecule has 1 atom stereocenters. The Labute approximate surface area is 232 Å². The van der Waals surface area contributed by atoms with Crippen molar-refractivity contribution in [2.75, 3.05) is 44.3 Å². The maximum Gasteiger partial charge on any atom is 0.228 e. The summed E-state index contributed by atoms with van der Waals surface area (Å²) in [6.07, 6.45) is 3.51. The van der Waals surface area contributed by atoms with Crippen molar-refractivity contribution in [1.82, 2.24) is 14.9 Å². The molecule has 202 valence electrons. The number of aromatic amines is 1. The molecule has 0 spiro atoms. The number of likely N-dealkylation sites (tertiary alicyclic amines) is 1. The number of nitrogens with zero attached hydrogens (tertiary/aromatic N) is 4. The summed E-state index contributed by atoms with van der Waals surface area (Å²) in [4.78, 5) is 24.2. The van der Waals surface area contributed by atoms with E-state index in [-0.39, 0.29) is 18.4 Å². The second-order valence-corrected chi connectivity index (χ2v) is 10.0. The van der Waals surface area contributed by atoms with Gasteiger partial charge in [0, 0.05) is 55.2 Å². The van der Waals surface area contributed by atoms with Crippen molar-refractivity contribution < 1.29 is 14.3 Å². The summed E-state index contributed by atoms with van der Waals surface area (Å²) in [5.41, 5.74) is 6.35. The normalized spacial score (nSPS) is 17.1. The van der Waals surface area contributed by atoms with Gasteiger partial charge in [-0.15, -0.1) is 0 Å². The van der Waals surface area contributed by atoms with Gasteiger partial charge < -0.3 is 29.7 Å². The van der Waals surface area contributed by atoms with Gasteiger partial charge in [-0.05, 0) is 53.1 Å². The molecule has 2 N–H and O–H groups in total. The molecule has 2 saturated heterocycles. The second kappa shape index (κ2) is 11.2. The fraction of sp³-hybridized carbons (Fsp3) is 0.290. The summed E-state index contributed by atoms with van der Waals surface area (Å²) in [6, 6.07) is 20.5. The van der Waals surface area contributed by atoms with E-state index < -0.39 is 0 Å². The summed E-state index contributed by atoms with van der Waals surface area (Å²) < 4.78 is 11.6. The van der Waals surface area contributed by atoms with Crippen LogP contribution in [-0.2, 0) is 9.53 Å². The van der Waals surface area contributed by atoms with Gasteiger partial charge in [-0.3, -0.25) is 4.79 Å². The SMILES string of the molecule is N#Cc1cc(-c2ccnc3[nH]c(-c4ccc(N5CCOCC5)cc4)cc23)ccc1O[C@@H]1CCN(C(=O)CC=N)C1. The number of aromatic nitrogens is 2. The number of carbonyl (C=O) groups excluding carboxylic acids is 1. The van der Waals surface area contributed by atoms with Gasteiger partial charge in [0.25, 0.3) is 0 Å². The van der Waals surface area contributed by atoms with Crippen molar-refractivity contribution in [2.45, 2.75) is 18.9 Å². The van der Waals surface area contributed by atoms with E-state index in [4.69, 9.17) is 14.9 Å². The number of fused-ring (bicyclic) bond motifs is 1. The Bertz CT molecular complexity index is 1580. The molecule has 4 heterocycles. The second-order valence-electron chi connectivity index (χ2n) is 10.0. The zero-order valence-electron chi connectivity index (χ0n) is 22.1. The Morgan fingerprint density at radius 2 is 1.93 bits per heavy atom. The third-order valence-electron chi connectivity index (χ3n) is 7.57. The molecule has 9 nitrogen and oxygen atoms in total. The number of amides is 1. The summed E-state index contributed by atoms with van der Waals surface area (Å²) in [6.45, 7) is 4.37. The minimum Gasteiger partial charge on any atom is -0.487 e.